The van der Waals surface area contributed by atoms with Gasteiger partial charge in [0.2, 0.25) is 5.75 Å². The maximum Gasteiger partial charge on any atom is 0.311 e. The Bertz CT molecular complexity index is 475. The van der Waals surface area contributed by atoms with Crippen LogP contribution in [0.5, 0.6) is 5.75 Å². The number of carbonyl (C=O) groups excluding carboxylic acids is 1. The highest BCUT2D eigenvalue weighted by Gasteiger charge is 2.23. The molecule has 0 aromatic heterocycles. The highest BCUT2D eigenvalue weighted by atomic mass is 35.5. The number of methoxy groups -OCH3 is 1. The van der Waals surface area contributed by atoms with E-state index < -0.39 is 10.8 Å². The summed E-state index contributed by atoms with van der Waals surface area (Å²) in [7, 11) is 1.29. The summed E-state index contributed by atoms with van der Waals surface area (Å²) in [6, 6.07) is 4.02. The van der Waals surface area contributed by atoms with Crippen molar-refractivity contribution in [2.24, 2.45) is 0 Å². The van der Waals surface area contributed by atoms with E-state index in [2.05, 4.69) is 5.32 Å². The fourth-order valence-corrected chi connectivity index (χ4v) is 1.87. The highest BCUT2D eigenvalue weighted by molar-refractivity contribution is 6.18. The number of amides is 1. The fraction of sp³-hybridized carbons (Fsp3) is 0.417. The zero-order valence-electron chi connectivity index (χ0n) is 10.7. The summed E-state index contributed by atoms with van der Waals surface area (Å²) in [5, 5.41) is 13.6. The molecule has 104 valence electrons. The van der Waals surface area contributed by atoms with E-state index in [1.54, 1.807) is 0 Å². The first-order valence-electron chi connectivity index (χ1n) is 5.73. The molecule has 1 unspecified atom stereocenters. The van der Waals surface area contributed by atoms with E-state index in [1.807, 2.05) is 6.92 Å². The number of nitro groups is 1. The highest BCUT2D eigenvalue weighted by Crippen LogP contribution is 2.30. The van der Waals surface area contributed by atoms with E-state index in [0.717, 1.165) is 0 Å². The molecule has 7 heteroatoms. The van der Waals surface area contributed by atoms with Crippen molar-refractivity contribution in [3.8, 4) is 5.75 Å². The first-order valence-corrected chi connectivity index (χ1v) is 6.26. The van der Waals surface area contributed by atoms with E-state index in [1.165, 1.54) is 25.3 Å². The number of rotatable bonds is 6. The summed E-state index contributed by atoms with van der Waals surface area (Å²) in [4.78, 5) is 22.3. The number of nitrogens with one attached hydrogen (secondary N) is 1. The fourth-order valence-electron chi connectivity index (χ4n) is 1.57. The minimum absolute atomic E-state index is 0.0468. The van der Waals surface area contributed by atoms with Crippen LogP contribution in [0.3, 0.4) is 0 Å². The Morgan fingerprint density at radius 1 is 1.58 bits per heavy atom. The first-order chi connectivity index (χ1) is 9.04. The van der Waals surface area contributed by atoms with Gasteiger partial charge in [0, 0.05) is 18.0 Å². The second-order valence-electron chi connectivity index (χ2n) is 3.85. The standard InChI is InChI=1S/C12H15ClN2O4/c1-3-8(7-13)14-12(16)9-5-4-6-10(15(17)18)11(9)19-2/h4-6,8H,3,7H2,1-2H3,(H,14,16). The smallest absolute Gasteiger partial charge is 0.311 e. The molecule has 0 aliphatic carbocycles. The molecule has 1 aromatic carbocycles. The van der Waals surface area contributed by atoms with Gasteiger partial charge in [-0.1, -0.05) is 13.0 Å². The van der Waals surface area contributed by atoms with Crippen molar-refractivity contribution in [3.63, 3.8) is 0 Å². The zero-order valence-corrected chi connectivity index (χ0v) is 11.4. The molecule has 1 N–H and O–H groups in total. The van der Waals surface area contributed by atoms with Gasteiger partial charge in [0.05, 0.1) is 17.6 Å². The van der Waals surface area contributed by atoms with Crippen molar-refractivity contribution in [2.45, 2.75) is 19.4 Å². The topological polar surface area (TPSA) is 81.5 Å². The Hall–Kier alpha value is -1.82. The van der Waals surface area contributed by atoms with E-state index in [0.29, 0.717) is 6.42 Å². The average Bonchev–Trinajstić information content (AvgIpc) is 2.43. The van der Waals surface area contributed by atoms with E-state index in [9.17, 15) is 14.9 Å². The molecule has 0 heterocycles. The largest absolute Gasteiger partial charge is 0.490 e. The Morgan fingerprint density at radius 3 is 2.74 bits per heavy atom. The second-order valence-corrected chi connectivity index (χ2v) is 4.16. The molecule has 1 aromatic rings. The molecule has 6 nitrogen and oxygen atoms in total. The van der Waals surface area contributed by atoms with Crippen LogP contribution in [-0.4, -0.2) is 29.9 Å². The molecular weight excluding hydrogens is 272 g/mol. The molecule has 0 aliphatic heterocycles. The molecule has 1 amide bonds. The monoisotopic (exact) mass is 286 g/mol. The lowest BCUT2D eigenvalue weighted by molar-refractivity contribution is -0.385. The van der Waals surface area contributed by atoms with Crippen LogP contribution in [0.4, 0.5) is 5.69 Å². The lowest BCUT2D eigenvalue weighted by Gasteiger charge is -2.15. The van der Waals surface area contributed by atoms with Gasteiger partial charge in [0.15, 0.2) is 0 Å². The van der Waals surface area contributed by atoms with Crippen molar-refractivity contribution in [3.05, 3.63) is 33.9 Å². The third-order valence-electron chi connectivity index (χ3n) is 2.65. The quantitative estimate of drug-likeness (QED) is 0.494. The average molecular weight is 287 g/mol. The minimum atomic E-state index is -0.589. The molecule has 0 saturated carbocycles. The summed E-state index contributed by atoms with van der Waals surface area (Å²) >= 11 is 5.70. The van der Waals surface area contributed by atoms with Crippen LogP contribution in [0.1, 0.15) is 23.7 Å². The molecule has 1 atom stereocenters. The number of para-hydroxylation sites is 1. The van der Waals surface area contributed by atoms with Gasteiger partial charge in [0.25, 0.3) is 5.91 Å². The second kappa shape index (κ2) is 6.94. The van der Waals surface area contributed by atoms with Crippen LogP contribution in [-0.2, 0) is 0 Å². The Labute approximate surface area is 115 Å². The summed E-state index contributed by atoms with van der Waals surface area (Å²) in [6.45, 7) is 1.89. The molecule has 0 fully saturated rings. The number of ether oxygens (including phenoxy) is 1. The van der Waals surface area contributed by atoms with Gasteiger partial charge >= 0.3 is 5.69 Å². The molecule has 0 spiro atoms. The normalized spacial score (nSPS) is 11.7. The third kappa shape index (κ3) is 3.57. The third-order valence-corrected chi connectivity index (χ3v) is 3.03. The lowest BCUT2D eigenvalue weighted by atomic mass is 10.1. The van der Waals surface area contributed by atoms with Crippen LogP contribution >= 0.6 is 11.6 Å². The Morgan fingerprint density at radius 2 is 2.26 bits per heavy atom. The number of halogens is 1. The lowest BCUT2D eigenvalue weighted by Crippen LogP contribution is -2.35. The maximum absolute atomic E-state index is 12.1. The van der Waals surface area contributed by atoms with Gasteiger partial charge in [0.1, 0.15) is 0 Å². The number of alkyl halides is 1. The minimum Gasteiger partial charge on any atom is -0.490 e. The number of nitro benzene ring substituents is 1. The summed E-state index contributed by atoms with van der Waals surface area (Å²) in [5.74, 6) is -0.207. The van der Waals surface area contributed by atoms with E-state index in [4.69, 9.17) is 16.3 Å². The van der Waals surface area contributed by atoms with Crippen molar-refractivity contribution >= 4 is 23.2 Å². The number of hydrogen-bond donors (Lipinski definition) is 1. The van der Waals surface area contributed by atoms with Gasteiger partial charge in [-0.3, -0.25) is 14.9 Å². The number of carbonyl (C=O) groups is 1. The molecule has 19 heavy (non-hydrogen) atoms. The summed E-state index contributed by atoms with van der Waals surface area (Å²) < 4.78 is 4.97. The van der Waals surface area contributed by atoms with E-state index in [-0.39, 0.29) is 28.9 Å². The molecule has 0 radical (unpaired) electrons. The molecule has 1 rings (SSSR count). The predicted molar refractivity (Wildman–Crippen MR) is 71.9 cm³/mol. The zero-order chi connectivity index (χ0) is 14.4. The maximum atomic E-state index is 12.1. The van der Waals surface area contributed by atoms with Gasteiger partial charge in [-0.15, -0.1) is 11.6 Å². The summed E-state index contributed by atoms with van der Waals surface area (Å²) in [5.41, 5.74) is -0.116. The van der Waals surface area contributed by atoms with Crippen LogP contribution < -0.4 is 10.1 Å². The van der Waals surface area contributed by atoms with Crippen LogP contribution in [0.15, 0.2) is 18.2 Å². The number of hydrogen-bond acceptors (Lipinski definition) is 4. The number of benzene rings is 1. The van der Waals surface area contributed by atoms with E-state index >= 15 is 0 Å². The predicted octanol–water partition coefficient (Wildman–Crippen LogP) is 2.35. The summed E-state index contributed by atoms with van der Waals surface area (Å²) in [6.07, 6.45) is 0.673. The van der Waals surface area contributed by atoms with Gasteiger partial charge in [-0.2, -0.15) is 0 Å². The molecule has 0 aliphatic rings. The first kappa shape index (κ1) is 15.2. The van der Waals surface area contributed by atoms with Crippen molar-refractivity contribution in [1.29, 1.82) is 0 Å². The van der Waals surface area contributed by atoms with Crippen LogP contribution in [0.25, 0.3) is 0 Å². The van der Waals surface area contributed by atoms with Crippen molar-refractivity contribution < 1.29 is 14.5 Å². The molecular formula is C12H15ClN2O4. The SMILES string of the molecule is CCC(CCl)NC(=O)c1cccc([N+](=O)[O-])c1OC. The van der Waals surface area contributed by atoms with Gasteiger partial charge in [-0.05, 0) is 12.5 Å². The van der Waals surface area contributed by atoms with Gasteiger partial charge in [-0.25, -0.2) is 0 Å². The molecule has 0 bridgehead atoms. The number of nitrogens with zero attached hydrogens (tertiary/aromatic N) is 1. The Kier molecular flexibility index (Phi) is 5.57. The van der Waals surface area contributed by atoms with Crippen LogP contribution in [0.2, 0.25) is 0 Å². The Balaban J connectivity index is 3.09. The van der Waals surface area contributed by atoms with Crippen molar-refractivity contribution in [1.82, 2.24) is 5.32 Å². The van der Waals surface area contributed by atoms with Crippen LogP contribution in [0, 0.1) is 10.1 Å². The van der Waals surface area contributed by atoms with Crippen molar-refractivity contribution in [2.75, 3.05) is 13.0 Å². The molecule has 0 saturated heterocycles. The van der Waals surface area contributed by atoms with Gasteiger partial charge < -0.3 is 10.1 Å².